The highest BCUT2D eigenvalue weighted by Gasteiger charge is 2.26. The van der Waals surface area contributed by atoms with Crippen molar-refractivity contribution >= 4 is 17.5 Å². The number of hydrogen-bond donors (Lipinski definition) is 3. The Balaban J connectivity index is 1.42. The van der Waals surface area contributed by atoms with Gasteiger partial charge in [-0.05, 0) is 19.1 Å². The third-order valence-corrected chi connectivity index (χ3v) is 4.84. The number of benzene rings is 1. The minimum absolute atomic E-state index is 0.0567. The molecule has 0 unspecified atom stereocenters. The molecule has 0 bridgehead atoms. The number of rotatable bonds is 5. The summed E-state index contributed by atoms with van der Waals surface area (Å²) in [6.45, 7) is 4.64. The molecule has 0 saturated carbocycles. The Kier molecular flexibility index (Phi) is 5.16. The van der Waals surface area contributed by atoms with E-state index >= 15 is 0 Å². The average molecular weight is 385 g/mol. The summed E-state index contributed by atoms with van der Waals surface area (Å²) in [6.07, 6.45) is 0.812. The van der Waals surface area contributed by atoms with Crippen LogP contribution in [0.3, 0.4) is 0 Å². The average Bonchev–Trinajstić information content (AvgIpc) is 3.15. The van der Waals surface area contributed by atoms with Crippen molar-refractivity contribution < 1.29 is 19.1 Å². The van der Waals surface area contributed by atoms with E-state index < -0.39 is 0 Å². The van der Waals surface area contributed by atoms with Crippen LogP contribution in [0.4, 0.5) is 5.69 Å². The lowest BCUT2D eigenvalue weighted by atomic mass is 10.1. The summed E-state index contributed by atoms with van der Waals surface area (Å²) >= 11 is 0. The first-order chi connectivity index (χ1) is 13.7. The number of carbonyl (C=O) groups excluding carboxylic acids is 2. The lowest BCUT2D eigenvalue weighted by Gasteiger charge is -2.21. The van der Waals surface area contributed by atoms with E-state index in [1.54, 1.807) is 18.2 Å². The minimum atomic E-state index is -0.283. The van der Waals surface area contributed by atoms with Gasteiger partial charge in [0.15, 0.2) is 17.2 Å². The molecule has 2 aliphatic heterocycles. The van der Waals surface area contributed by atoms with E-state index in [-0.39, 0.29) is 18.4 Å². The minimum Gasteiger partial charge on any atom is -0.486 e. The van der Waals surface area contributed by atoms with Crippen molar-refractivity contribution in [2.24, 2.45) is 0 Å². The molecule has 148 valence electrons. The predicted molar refractivity (Wildman–Crippen MR) is 102 cm³/mol. The number of anilines is 1. The van der Waals surface area contributed by atoms with Crippen LogP contribution in [-0.4, -0.2) is 59.8 Å². The van der Waals surface area contributed by atoms with Gasteiger partial charge in [0.1, 0.15) is 19.8 Å². The molecule has 1 aromatic carbocycles. The van der Waals surface area contributed by atoms with Gasteiger partial charge in [-0.1, -0.05) is 0 Å². The van der Waals surface area contributed by atoms with E-state index in [1.807, 2.05) is 6.92 Å². The fourth-order valence-electron chi connectivity index (χ4n) is 3.37. The Labute approximate surface area is 162 Å². The van der Waals surface area contributed by atoms with Gasteiger partial charge in [0.05, 0.1) is 0 Å². The van der Waals surface area contributed by atoms with E-state index in [2.05, 4.69) is 20.8 Å². The Morgan fingerprint density at radius 3 is 2.89 bits per heavy atom. The van der Waals surface area contributed by atoms with Gasteiger partial charge < -0.3 is 25.0 Å². The number of carbonyl (C=O) groups is 2. The summed E-state index contributed by atoms with van der Waals surface area (Å²) in [5, 5.41) is 13.2. The maximum atomic E-state index is 12.9. The van der Waals surface area contributed by atoms with Crippen LogP contribution < -0.4 is 20.1 Å². The molecule has 0 fully saturated rings. The highest BCUT2D eigenvalue weighted by molar-refractivity contribution is 5.99. The normalized spacial score (nSPS) is 14.9. The quantitative estimate of drug-likeness (QED) is 0.707. The number of ether oxygens (including phenoxy) is 2. The molecule has 3 N–H and O–H groups in total. The van der Waals surface area contributed by atoms with E-state index in [0.717, 1.165) is 24.2 Å². The summed E-state index contributed by atoms with van der Waals surface area (Å²) < 4.78 is 11.0. The van der Waals surface area contributed by atoms with Crippen molar-refractivity contribution in [3.8, 4) is 11.5 Å². The van der Waals surface area contributed by atoms with E-state index in [1.165, 1.54) is 4.90 Å². The van der Waals surface area contributed by atoms with Crippen LogP contribution in [-0.2, 0) is 17.8 Å². The summed E-state index contributed by atoms with van der Waals surface area (Å²) in [5.41, 5.74) is 2.86. The molecule has 4 rings (SSSR count). The van der Waals surface area contributed by atoms with Crippen LogP contribution in [0, 0.1) is 0 Å². The highest BCUT2D eigenvalue weighted by Crippen LogP contribution is 2.32. The lowest BCUT2D eigenvalue weighted by Crippen LogP contribution is -2.39. The van der Waals surface area contributed by atoms with E-state index in [0.29, 0.717) is 49.2 Å². The number of nitrogens with one attached hydrogen (secondary N) is 3. The van der Waals surface area contributed by atoms with Crippen LogP contribution in [0.15, 0.2) is 18.2 Å². The summed E-state index contributed by atoms with van der Waals surface area (Å²) in [7, 11) is 0. The van der Waals surface area contributed by atoms with Crippen molar-refractivity contribution in [2.45, 2.75) is 19.9 Å². The SMILES string of the molecule is CCN(CC(=O)Nc1ccc2c(c1)OCCO2)C(=O)c1n[nH]c2c1CNCC2. The first-order valence-corrected chi connectivity index (χ1v) is 9.41. The maximum absolute atomic E-state index is 12.9. The van der Waals surface area contributed by atoms with Crippen LogP contribution in [0.5, 0.6) is 11.5 Å². The van der Waals surface area contributed by atoms with Crippen LogP contribution in [0.1, 0.15) is 28.7 Å². The van der Waals surface area contributed by atoms with Gasteiger partial charge in [0.25, 0.3) is 5.91 Å². The van der Waals surface area contributed by atoms with Crippen LogP contribution in [0.2, 0.25) is 0 Å². The summed E-state index contributed by atoms with van der Waals surface area (Å²) in [4.78, 5) is 26.9. The zero-order valence-electron chi connectivity index (χ0n) is 15.7. The van der Waals surface area contributed by atoms with Crippen LogP contribution >= 0.6 is 0 Å². The van der Waals surface area contributed by atoms with Crippen molar-refractivity contribution in [3.63, 3.8) is 0 Å². The standard InChI is InChI=1S/C19H23N5O4/c1-2-24(19(26)18-13-10-20-6-5-14(13)22-23-18)11-17(25)21-12-3-4-15-16(9-12)28-8-7-27-15/h3-4,9,20H,2,5-8,10-11H2,1H3,(H,21,25)(H,22,23). The summed E-state index contributed by atoms with van der Waals surface area (Å²) in [6, 6.07) is 5.23. The molecule has 0 aliphatic carbocycles. The second-order valence-corrected chi connectivity index (χ2v) is 6.68. The molecule has 28 heavy (non-hydrogen) atoms. The number of hydrogen-bond acceptors (Lipinski definition) is 6. The second-order valence-electron chi connectivity index (χ2n) is 6.68. The molecule has 0 atom stereocenters. The molecule has 0 spiro atoms. The Hall–Kier alpha value is -3.07. The van der Waals surface area contributed by atoms with Gasteiger partial charge in [-0.2, -0.15) is 5.10 Å². The van der Waals surface area contributed by atoms with Gasteiger partial charge in [0, 0.05) is 49.1 Å². The first-order valence-electron chi connectivity index (χ1n) is 9.41. The van der Waals surface area contributed by atoms with Gasteiger partial charge in [0.2, 0.25) is 5.91 Å². The molecule has 9 heteroatoms. The fourth-order valence-corrected chi connectivity index (χ4v) is 3.37. The Bertz CT molecular complexity index is 894. The zero-order valence-corrected chi connectivity index (χ0v) is 15.7. The fraction of sp³-hybridized carbons (Fsp3) is 0.421. The third-order valence-electron chi connectivity index (χ3n) is 4.84. The van der Waals surface area contributed by atoms with Crippen molar-refractivity contribution in [3.05, 3.63) is 35.2 Å². The Morgan fingerprint density at radius 1 is 1.25 bits per heavy atom. The lowest BCUT2D eigenvalue weighted by molar-refractivity contribution is -0.116. The molecule has 0 saturated heterocycles. The topological polar surface area (TPSA) is 109 Å². The van der Waals surface area contributed by atoms with Gasteiger partial charge in [-0.25, -0.2) is 0 Å². The Morgan fingerprint density at radius 2 is 2.07 bits per heavy atom. The molecule has 2 amide bonds. The highest BCUT2D eigenvalue weighted by atomic mass is 16.6. The monoisotopic (exact) mass is 385 g/mol. The van der Waals surface area contributed by atoms with E-state index in [9.17, 15) is 9.59 Å². The van der Waals surface area contributed by atoms with Gasteiger partial charge >= 0.3 is 0 Å². The second kappa shape index (κ2) is 7.89. The van der Waals surface area contributed by atoms with Crippen LogP contribution in [0.25, 0.3) is 0 Å². The number of fused-ring (bicyclic) bond motifs is 2. The van der Waals surface area contributed by atoms with Crippen molar-refractivity contribution in [1.82, 2.24) is 20.4 Å². The van der Waals surface area contributed by atoms with Crippen molar-refractivity contribution in [2.75, 3.05) is 38.2 Å². The largest absolute Gasteiger partial charge is 0.486 e. The number of nitrogens with zero attached hydrogens (tertiary/aromatic N) is 2. The molecule has 2 aromatic rings. The van der Waals surface area contributed by atoms with E-state index in [4.69, 9.17) is 9.47 Å². The molecule has 1 aromatic heterocycles. The predicted octanol–water partition coefficient (Wildman–Crippen LogP) is 0.927. The number of likely N-dealkylation sites (N-methyl/N-ethyl adjacent to an activating group) is 1. The van der Waals surface area contributed by atoms with Crippen molar-refractivity contribution in [1.29, 1.82) is 0 Å². The molecule has 0 radical (unpaired) electrons. The number of amides is 2. The molecule has 3 heterocycles. The third kappa shape index (κ3) is 3.65. The first kappa shape index (κ1) is 18.3. The smallest absolute Gasteiger partial charge is 0.275 e. The number of aromatic nitrogens is 2. The van der Waals surface area contributed by atoms with Gasteiger partial charge in [-0.3, -0.25) is 14.7 Å². The van der Waals surface area contributed by atoms with Gasteiger partial charge in [-0.15, -0.1) is 0 Å². The zero-order chi connectivity index (χ0) is 19.5. The summed E-state index contributed by atoms with van der Waals surface area (Å²) in [5.74, 6) is 0.727. The number of aromatic amines is 1. The molecular formula is C19H23N5O4. The molecular weight excluding hydrogens is 362 g/mol. The maximum Gasteiger partial charge on any atom is 0.275 e. The molecule has 2 aliphatic rings. The molecule has 9 nitrogen and oxygen atoms in total. The number of H-pyrrole nitrogens is 1.